The quantitative estimate of drug-likeness (QED) is 0.679. The van der Waals surface area contributed by atoms with Crippen LogP contribution in [0.2, 0.25) is 0 Å². The number of amides is 1. The minimum absolute atomic E-state index is 0.0994. The van der Waals surface area contributed by atoms with Gasteiger partial charge >= 0.3 is 0 Å². The molecule has 0 bridgehead atoms. The molecule has 0 aliphatic rings. The largest absolute Gasteiger partial charge is 0.326 e. The lowest BCUT2D eigenvalue weighted by atomic mass is 10.2. The van der Waals surface area contributed by atoms with Crippen LogP contribution >= 0.6 is 31.9 Å². The summed E-state index contributed by atoms with van der Waals surface area (Å²) in [4.78, 5) is 22.3. The summed E-state index contributed by atoms with van der Waals surface area (Å²) in [5, 5.41) is 2.84. The van der Waals surface area contributed by atoms with Gasteiger partial charge in [-0.05, 0) is 18.2 Å². The first-order valence-corrected chi connectivity index (χ1v) is 6.16. The van der Waals surface area contributed by atoms with Crippen molar-refractivity contribution in [2.24, 2.45) is 0 Å². The van der Waals surface area contributed by atoms with Crippen LogP contribution in [0.3, 0.4) is 0 Å². The fourth-order valence-corrected chi connectivity index (χ4v) is 1.60. The van der Waals surface area contributed by atoms with Crippen LogP contribution in [0.15, 0.2) is 28.7 Å². The molecule has 0 saturated carbocycles. The molecule has 1 N–H and O–H groups in total. The summed E-state index contributed by atoms with van der Waals surface area (Å²) in [6.07, 6.45) is -0.0994. The Hall–Kier alpha value is -0.680. The van der Waals surface area contributed by atoms with Crippen molar-refractivity contribution in [2.45, 2.75) is 6.42 Å². The van der Waals surface area contributed by atoms with E-state index in [-0.39, 0.29) is 23.4 Å². The topological polar surface area (TPSA) is 46.2 Å². The highest BCUT2D eigenvalue weighted by Gasteiger charge is 2.08. The third-order valence-electron chi connectivity index (χ3n) is 1.62. The van der Waals surface area contributed by atoms with E-state index in [4.69, 9.17) is 0 Å². The monoisotopic (exact) mass is 333 g/mol. The summed E-state index contributed by atoms with van der Waals surface area (Å²) in [5.74, 6) is -0.431. The van der Waals surface area contributed by atoms with E-state index in [0.29, 0.717) is 5.69 Å². The number of halogens is 2. The van der Waals surface area contributed by atoms with E-state index in [0.717, 1.165) is 4.47 Å². The molecule has 5 heteroatoms. The number of alkyl halides is 1. The smallest absolute Gasteiger partial charge is 0.231 e. The highest BCUT2D eigenvalue weighted by molar-refractivity contribution is 9.10. The van der Waals surface area contributed by atoms with E-state index < -0.39 is 0 Å². The molecule has 0 spiro atoms. The van der Waals surface area contributed by atoms with Gasteiger partial charge in [0, 0.05) is 10.2 Å². The number of carbonyl (C=O) groups is 2. The van der Waals surface area contributed by atoms with Gasteiger partial charge in [-0.25, -0.2) is 0 Å². The number of anilines is 1. The van der Waals surface area contributed by atoms with Crippen LogP contribution < -0.4 is 5.32 Å². The van der Waals surface area contributed by atoms with Gasteiger partial charge in [0.15, 0.2) is 5.78 Å². The fraction of sp³-hybridized carbons (Fsp3) is 0.200. The summed E-state index contributed by atoms with van der Waals surface area (Å²) in [5.41, 5.74) is 0.678. The Bertz CT molecular complexity index is 379. The molecule has 0 fully saturated rings. The number of benzene rings is 1. The molecule has 80 valence electrons. The van der Waals surface area contributed by atoms with Crippen molar-refractivity contribution in [1.29, 1.82) is 0 Å². The van der Waals surface area contributed by atoms with Crippen LogP contribution in [0.5, 0.6) is 0 Å². The molecule has 15 heavy (non-hydrogen) atoms. The van der Waals surface area contributed by atoms with Gasteiger partial charge in [0.2, 0.25) is 5.91 Å². The zero-order chi connectivity index (χ0) is 11.3. The molecule has 0 radical (unpaired) electrons. The second kappa shape index (κ2) is 6.02. The van der Waals surface area contributed by atoms with Gasteiger partial charge in [0.1, 0.15) is 0 Å². The zero-order valence-corrected chi connectivity index (χ0v) is 11.0. The molecule has 1 amide bonds. The molecule has 1 aromatic carbocycles. The van der Waals surface area contributed by atoms with Crippen molar-refractivity contribution in [3.8, 4) is 0 Å². The summed E-state index contributed by atoms with van der Waals surface area (Å²) >= 11 is 6.29. The lowest BCUT2D eigenvalue weighted by Crippen LogP contribution is -2.16. The number of carbonyl (C=O) groups excluding carboxylic acids is 2. The second-order valence-corrected chi connectivity index (χ2v) is 4.38. The molecule has 0 atom stereocenters. The van der Waals surface area contributed by atoms with Crippen molar-refractivity contribution < 1.29 is 9.59 Å². The molecule has 3 nitrogen and oxygen atoms in total. The summed E-state index contributed by atoms with van der Waals surface area (Å²) in [7, 11) is 0. The highest BCUT2D eigenvalue weighted by Crippen LogP contribution is 2.15. The van der Waals surface area contributed by atoms with Gasteiger partial charge in [0.05, 0.1) is 11.8 Å². The summed E-state index contributed by atoms with van der Waals surface area (Å²) < 4.78 is 0.882. The normalized spacial score (nSPS) is 9.73. The molecular weight excluding hydrogens is 326 g/mol. The van der Waals surface area contributed by atoms with Crippen molar-refractivity contribution in [3.05, 3.63) is 28.7 Å². The Balaban J connectivity index is 2.55. The maximum atomic E-state index is 11.3. The Morgan fingerprint density at radius 3 is 2.67 bits per heavy atom. The first kappa shape index (κ1) is 12.4. The lowest BCUT2D eigenvalue weighted by Gasteiger charge is -2.03. The van der Waals surface area contributed by atoms with Crippen molar-refractivity contribution >= 4 is 49.2 Å². The van der Waals surface area contributed by atoms with Gasteiger partial charge in [-0.1, -0.05) is 37.9 Å². The maximum Gasteiger partial charge on any atom is 0.231 e. The molecule has 1 rings (SSSR count). The first-order valence-electron chi connectivity index (χ1n) is 4.25. The van der Waals surface area contributed by atoms with E-state index in [1.165, 1.54) is 0 Å². The molecule has 0 saturated heterocycles. The molecule has 0 aliphatic carbocycles. The Kier molecular flexibility index (Phi) is 4.98. The predicted octanol–water partition coefficient (Wildman–Crippen LogP) is 2.74. The van der Waals surface area contributed by atoms with Crippen molar-refractivity contribution in [3.63, 3.8) is 0 Å². The molecule has 0 aromatic heterocycles. The molecule has 0 aliphatic heterocycles. The molecule has 0 heterocycles. The Morgan fingerprint density at radius 1 is 1.33 bits per heavy atom. The SMILES string of the molecule is O=C(CBr)CC(=O)Nc1cccc(Br)c1. The fourth-order valence-electron chi connectivity index (χ4n) is 0.998. The van der Waals surface area contributed by atoms with E-state index in [1.54, 1.807) is 12.1 Å². The molecule has 1 aromatic rings. The van der Waals surface area contributed by atoms with E-state index >= 15 is 0 Å². The number of hydrogen-bond donors (Lipinski definition) is 1. The number of rotatable bonds is 4. The maximum absolute atomic E-state index is 11.3. The van der Waals surface area contributed by atoms with Gasteiger partial charge < -0.3 is 5.32 Å². The van der Waals surface area contributed by atoms with Gasteiger partial charge in [-0.15, -0.1) is 0 Å². The first-order chi connectivity index (χ1) is 7.11. The van der Waals surface area contributed by atoms with Crippen LogP contribution in [0, 0.1) is 0 Å². The second-order valence-electron chi connectivity index (χ2n) is 2.91. The van der Waals surface area contributed by atoms with Crippen LogP contribution in [0.25, 0.3) is 0 Å². The van der Waals surface area contributed by atoms with Gasteiger partial charge in [-0.3, -0.25) is 9.59 Å². The van der Waals surface area contributed by atoms with Crippen LogP contribution in [-0.2, 0) is 9.59 Å². The molecular formula is C10H9Br2NO2. The molecule has 0 unspecified atom stereocenters. The van der Waals surface area contributed by atoms with E-state index in [9.17, 15) is 9.59 Å². The predicted molar refractivity (Wildman–Crippen MR) is 66.2 cm³/mol. The number of Topliss-reactive ketones (excluding diaryl/α,β-unsaturated/α-hetero) is 1. The van der Waals surface area contributed by atoms with Crippen molar-refractivity contribution in [2.75, 3.05) is 10.6 Å². The minimum Gasteiger partial charge on any atom is -0.326 e. The van der Waals surface area contributed by atoms with Gasteiger partial charge in [-0.2, -0.15) is 0 Å². The number of hydrogen-bond acceptors (Lipinski definition) is 2. The standard InChI is InChI=1S/C10H9Br2NO2/c11-6-9(14)5-10(15)13-8-3-1-2-7(12)4-8/h1-4H,5-6H2,(H,13,15). The van der Waals surface area contributed by atoms with Crippen LogP contribution in [0.1, 0.15) is 6.42 Å². The summed E-state index contributed by atoms with van der Waals surface area (Å²) in [6, 6.07) is 7.21. The lowest BCUT2D eigenvalue weighted by molar-refractivity contribution is -0.123. The van der Waals surface area contributed by atoms with E-state index in [2.05, 4.69) is 37.2 Å². The highest BCUT2D eigenvalue weighted by atomic mass is 79.9. The van der Waals surface area contributed by atoms with Gasteiger partial charge in [0.25, 0.3) is 0 Å². The van der Waals surface area contributed by atoms with E-state index in [1.807, 2.05) is 12.1 Å². The third kappa shape index (κ3) is 4.57. The Labute approximate surface area is 104 Å². The average Bonchev–Trinajstić information content (AvgIpc) is 2.17. The van der Waals surface area contributed by atoms with Crippen molar-refractivity contribution in [1.82, 2.24) is 0 Å². The van der Waals surface area contributed by atoms with Crippen LogP contribution in [0.4, 0.5) is 5.69 Å². The third-order valence-corrected chi connectivity index (χ3v) is 2.73. The average molecular weight is 335 g/mol. The summed E-state index contributed by atoms with van der Waals surface area (Å²) in [6.45, 7) is 0. The zero-order valence-electron chi connectivity index (χ0n) is 7.80. The minimum atomic E-state index is -0.294. The Morgan fingerprint density at radius 2 is 2.07 bits per heavy atom. The number of nitrogens with one attached hydrogen (secondary N) is 1. The van der Waals surface area contributed by atoms with Crippen LogP contribution in [-0.4, -0.2) is 17.0 Å². The number of ketones is 1.